The van der Waals surface area contributed by atoms with Gasteiger partial charge in [-0.15, -0.1) is 0 Å². The van der Waals surface area contributed by atoms with Crippen LogP contribution in [0.5, 0.6) is 5.75 Å². The molecule has 1 aromatic carbocycles. The van der Waals surface area contributed by atoms with E-state index >= 15 is 0 Å². The Labute approximate surface area is 118 Å². The SMILES string of the molecule is c1ccc(OCc2noc(CNC3CCCC3)n2)cc1. The molecule has 0 radical (unpaired) electrons. The predicted molar refractivity (Wildman–Crippen MR) is 74.2 cm³/mol. The van der Waals surface area contributed by atoms with Crippen LogP contribution in [0, 0.1) is 0 Å². The van der Waals surface area contributed by atoms with Crippen molar-refractivity contribution in [3.05, 3.63) is 42.0 Å². The predicted octanol–water partition coefficient (Wildman–Crippen LogP) is 2.68. The molecule has 0 amide bonds. The molecule has 106 valence electrons. The highest BCUT2D eigenvalue weighted by Gasteiger charge is 2.15. The molecule has 5 nitrogen and oxygen atoms in total. The van der Waals surface area contributed by atoms with Gasteiger partial charge in [-0.05, 0) is 25.0 Å². The molecule has 1 aliphatic carbocycles. The molecule has 0 spiro atoms. The van der Waals surface area contributed by atoms with E-state index in [1.165, 1.54) is 25.7 Å². The third-order valence-corrected chi connectivity index (χ3v) is 3.52. The molecular formula is C15H19N3O2. The van der Waals surface area contributed by atoms with Gasteiger partial charge in [-0.25, -0.2) is 0 Å². The normalized spacial score (nSPS) is 15.6. The minimum Gasteiger partial charge on any atom is -0.485 e. The van der Waals surface area contributed by atoms with E-state index in [-0.39, 0.29) is 0 Å². The third kappa shape index (κ3) is 3.57. The lowest BCUT2D eigenvalue weighted by atomic mass is 10.2. The van der Waals surface area contributed by atoms with Crippen molar-refractivity contribution in [2.75, 3.05) is 0 Å². The standard InChI is InChI=1S/C15H19N3O2/c1-2-8-13(9-3-1)19-11-14-17-15(20-18-14)10-16-12-6-4-5-7-12/h1-3,8-9,12,16H,4-7,10-11H2. The van der Waals surface area contributed by atoms with Gasteiger partial charge in [-0.1, -0.05) is 36.2 Å². The van der Waals surface area contributed by atoms with Crippen LogP contribution in [-0.4, -0.2) is 16.2 Å². The van der Waals surface area contributed by atoms with Crippen LogP contribution < -0.4 is 10.1 Å². The molecule has 1 saturated carbocycles. The number of rotatable bonds is 6. The van der Waals surface area contributed by atoms with Gasteiger partial charge in [-0.2, -0.15) is 4.98 Å². The summed E-state index contributed by atoms with van der Waals surface area (Å²) in [6.07, 6.45) is 5.13. The number of aromatic nitrogens is 2. The summed E-state index contributed by atoms with van der Waals surface area (Å²) in [5.74, 6) is 2.02. The Morgan fingerprint density at radius 2 is 2.00 bits per heavy atom. The molecule has 3 rings (SSSR count). The van der Waals surface area contributed by atoms with Crippen molar-refractivity contribution >= 4 is 0 Å². The van der Waals surface area contributed by atoms with Crippen LogP contribution in [0.2, 0.25) is 0 Å². The number of hydrogen-bond acceptors (Lipinski definition) is 5. The summed E-state index contributed by atoms with van der Waals surface area (Å²) in [6.45, 7) is 0.972. The van der Waals surface area contributed by atoms with Gasteiger partial charge in [-0.3, -0.25) is 0 Å². The van der Waals surface area contributed by atoms with Gasteiger partial charge in [0.15, 0.2) is 6.61 Å². The molecular weight excluding hydrogens is 254 g/mol. The van der Waals surface area contributed by atoms with E-state index in [0.717, 1.165) is 5.75 Å². The molecule has 1 N–H and O–H groups in total. The smallest absolute Gasteiger partial charge is 0.240 e. The summed E-state index contributed by atoms with van der Waals surface area (Å²) >= 11 is 0. The molecule has 0 unspecified atom stereocenters. The van der Waals surface area contributed by atoms with Crippen LogP contribution in [-0.2, 0) is 13.2 Å². The zero-order chi connectivity index (χ0) is 13.6. The van der Waals surface area contributed by atoms with E-state index in [4.69, 9.17) is 9.26 Å². The molecule has 1 fully saturated rings. The first kappa shape index (κ1) is 13.1. The Bertz CT molecular complexity index is 521. The molecule has 0 bridgehead atoms. The fourth-order valence-corrected chi connectivity index (χ4v) is 2.45. The van der Waals surface area contributed by atoms with Crippen molar-refractivity contribution in [3.63, 3.8) is 0 Å². The second kappa shape index (κ2) is 6.52. The van der Waals surface area contributed by atoms with Crippen LogP contribution in [0.3, 0.4) is 0 Å². The second-order valence-electron chi connectivity index (χ2n) is 5.07. The summed E-state index contributed by atoms with van der Waals surface area (Å²) in [5, 5.41) is 7.37. The molecule has 20 heavy (non-hydrogen) atoms. The minimum absolute atomic E-state index is 0.330. The maximum absolute atomic E-state index is 5.58. The van der Waals surface area contributed by atoms with Crippen molar-refractivity contribution in [2.45, 2.75) is 44.9 Å². The van der Waals surface area contributed by atoms with Gasteiger partial charge >= 0.3 is 0 Å². The topological polar surface area (TPSA) is 60.2 Å². The number of benzene rings is 1. The number of hydrogen-bond donors (Lipinski definition) is 1. The van der Waals surface area contributed by atoms with Crippen molar-refractivity contribution in [1.29, 1.82) is 0 Å². The summed E-state index contributed by atoms with van der Waals surface area (Å²) in [7, 11) is 0. The summed E-state index contributed by atoms with van der Waals surface area (Å²) in [5.41, 5.74) is 0. The lowest BCUT2D eigenvalue weighted by molar-refractivity contribution is 0.284. The average Bonchev–Trinajstić information content (AvgIpc) is 3.16. The molecule has 1 aromatic heterocycles. The van der Waals surface area contributed by atoms with E-state index in [0.29, 0.717) is 30.9 Å². The van der Waals surface area contributed by atoms with Crippen LogP contribution in [0.25, 0.3) is 0 Å². The number of nitrogens with one attached hydrogen (secondary N) is 1. The maximum atomic E-state index is 5.58. The van der Waals surface area contributed by atoms with Gasteiger partial charge in [0, 0.05) is 6.04 Å². The first-order valence-electron chi connectivity index (χ1n) is 7.13. The Hall–Kier alpha value is -1.88. The minimum atomic E-state index is 0.330. The van der Waals surface area contributed by atoms with Crippen molar-refractivity contribution in [3.8, 4) is 5.75 Å². The van der Waals surface area contributed by atoms with Crippen LogP contribution in [0.1, 0.15) is 37.4 Å². The Morgan fingerprint density at radius 3 is 2.80 bits per heavy atom. The van der Waals surface area contributed by atoms with Crippen molar-refractivity contribution in [1.82, 2.24) is 15.5 Å². The Balaban J connectivity index is 1.46. The van der Waals surface area contributed by atoms with Crippen molar-refractivity contribution in [2.24, 2.45) is 0 Å². The van der Waals surface area contributed by atoms with Crippen LogP contribution in [0.4, 0.5) is 0 Å². The lowest BCUT2D eigenvalue weighted by Crippen LogP contribution is -2.25. The molecule has 5 heteroatoms. The van der Waals surface area contributed by atoms with E-state index in [9.17, 15) is 0 Å². The van der Waals surface area contributed by atoms with Crippen LogP contribution in [0.15, 0.2) is 34.9 Å². The third-order valence-electron chi connectivity index (χ3n) is 3.52. The largest absolute Gasteiger partial charge is 0.485 e. The highest BCUT2D eigenvalue weighted by molar-refractivity contribution is 5.20. The fourth-order valence-electron chi connectivity index (χ4n) is 2.45. The number of para-hydroxylation sites is 1. The quantitative estimate of drug-likeness (QED) is 0.876. The van der Waals surface area contributed by atoms with Gasteiger partial charge in [0.25, 0.3) is 0 Å². The summed E-state index contributed by atoms with van der Waals surface area (Å²) in [4.78, 5) is 4.32. The molecule has 0 atom stereocenters. The van der Waals surface area contributed by atoms with E-state index in [2.05, 4.69) is 15.5 Å². The zero-order valence-electron chi connectivity index (χ0n) is 11.4. The fraction of sp³-hybridized carbons (Fsp3) is 0.467. The van der Waals surface area contributed by atoms with Crippen LogP contribution >= 0.6 is 0 Å². The summed E-state index contributed by atoms with van der Waals surface area (Å²) in [6, 6.07) is 10.2. The molecule has 1 heterocycles. The van der Waals surface area contributed by atoms with Crippen molar-refractivity contribution < 1.29 is 9.26 Å². The molecule has 0 aliphatic heterocycles. The number of nitrogens with zero attached hydrogens (tertiary/aromatic N) is 2. The molecule has 0 saturated heterocycles. The van der Waals surface area contributed by atoms with Gasteiger partial charge in [0.05, 0.1) is 6.54 Å². The first-order valence-corrected chi connectivity index (χ1v) is 7.13. The average molecular weight is 273 g/mol. The highest BCUT2D eigenvalue weighted by Crippen LogP contribution is 2.18. The Kier molecular flexibility index (Phi) is 4.28. The monoisotopic (exact) mass is 273 g/mol. The lowest BCUT2D eigenvalue weighted by Gasteiger charge is -2.08. The maximum Gasteiger partial charge on any atom is 0.240 e. The van der Waals surface area contributed by atoms with E-state index in [1.807, 2.05) is 30.3 Å². The van der Waals surface area contributed by atoms with E-state index < -0.39 is 0 Å². The number of ether oxygens (including phenoxy) is 1. The highest BCUT2D eigenvalue weighted by atomic mass is 16.5. The first-order chi connectivity index (χ1) is 9.90. The van der Waals surface area contributed by atoms with Gasteiger partial charge in [0.2, 0.25) is 11.7 Å². The zero-order valence-corrected chi connectivity index (χ0v) is 11.4. The second-order valence-corrected chi connectivity index (χ2v) is 5.07. The van der Waals surface area contributed by atoms with Gasteiger partial charge in [0.1, 0.15) is 5.75 Å². The van der Waals surface area contributed by atoms with Gasteiger partial charge < -0.3 is 14.6 Å². The van der Waals surface area contributed by atoms with E-state index in [1.54, 1.807) is 0 Å². The molecule has 1 aliphatic rings. The Morgan fingerprint density at radius 1 is 1.20 bits per heavy atom. The summed E-state index contributed by atoms with van der Waals surface area (Å²) < 4.78 is 10.8. The molecule has 2 aromatic rings.